The van der Waals surface area contributed by atoms with Gasteiger partial charge in [-0.25, -0.2) is 0 Å². The Labute approximate surface area is 350 Å². The van der Waals surface area contributed by atoms with Gasteiger partial charge in [0.1, 0.15) is 23.0 Å². The largest absolute Gasteiger partial charge is 0.507 e. The van der Waals surface area contributed by atoms with Gasteiger partial charge >= 0.3 is 0 Å². The first-order valence-electron chi connectivity index (χ1n) is 21.9. The number of phenolic OH excluding ortho intramolecular Hbond substituents is 2. The van der Waals surface area contributed by atoms with Gasteiger partial charge in [-0.2, -0.15) is 0 Å². The van der Waals surface area contributed by atoms with Crippen LogP contribution in [-0.4, -0.2) is 36.5 Å². The summed E-state index contributed by atoms with van der Waals surface area (Å²) in [7, 11) is 0. The van der Waals surface area contributed by atoms with E-state index in [-0.39, 0.29) is 21.7 Å². The minimum Gasteiger partial charge on any atom is -0.507 e. The second-order valence-corrected chi connectivity index (χ2v) is 21.1. The molecule has 0 atom stereocenters. The van der Waals surface area contributed by atoms with E-state index in [0.29, 0.717) is 50.4 Å². The smallest absolute Gasteiger partial charge is 0.126 e. The average Bonchev–Trinajstić information content (AvgIpc) is 3.11. The van der Waals surface area contributed by atoms with Crippen LogP contribution in [0, 0.1) is 0 Å². The highest BCUT2D eigenvalue weighted by Gasteiger charge is 2.28. The molecule has 0 amide bonds. The quantitative estimate of drug-likeness (QED) is 0.106. The topological polar surface area (TPSA) is 114 Å². The molecule has 316 valence electrons. The van der Waals surface area contributed by atoms with Crippen molar-refractivity contribution in [2.24, 2.45) is 0 Å². The minimum atomic E-state index is -0.152. The van der Waals surface area contributed by atoms with Crippen molar-refractivity contribution in [1.82, 2.24) is 0 Å². The Morgan fingerprint density at radius 1 is 0.397 bits per heavy atom. The van der Waals surface area contributed by atoms with Crippen molar-refractivity contribution < 1.29 is 31.2 Å². The summed E-state index contributed by atoms with van der Waals surface area (Å²) in [5, 5.41) is 24.9. The second kappa shape index (κ2) is 17.7. The Hall–Kier alpha value is -4.00. The van der Waals surface area contributed by atoms with E-state index in [0.717, 1.165) is 94.8 Å². The molecule has 1 aliphatic rings. The summed E-state index contributed by atoms with van der Waals surface area (Å²) >= 11 is 0. The molecule has 0 aliphatic heterocycles. The van der Waals surface area contributed by atoms with Crippen LogP contribution in [0.25, 0.3) is 0 Å². The molecule has 4 aromatic carbocycles. The number of fused-ring (bicyclic) bond motifs is 8. The molecule has 6 nitrogen and oxygen atoms in total. The van der Waals surface area contributed by atoms with Crippen LogP contribution in [0.15, 0.2) is 48.5 Å². The number of benzene rings is 4. The SMILES string of the molecule is CC(C)(C)c1cc2c(O)c(c1)Cc1cc(C(C)(C)C)cc(c1OCCCC[NH3+])Cc1cc(C(C)(C)C)cc(c1O)Cc1cc(C(C)(C)C)cc(c1OCCCC[NH3+])C2. The van der Waals surface area contributed by atoms with Gasteiger partial charge in [-0.3, -0.25) is 0 Å². The van der Waals surface area contributed by atoms with E-state index in [4.69, 9.17) is 9.47 Å². The lowest BCUT2D eigenvalue weighted by Gasteiger charge is -2.28. The number of hydrogen-bond acceptors (Lipinski definition) is 4. The second-order valence-electron chi connectivity index (χ2n) is 21.1. The van der Waals surface area contributed by atoms with Gasteiger partial charge in [0.25, 0.3) is 0 Å². The number of aromatic hydroxyl groups is 2. The molecule has 0 radical (unpaired) electrons. The van der Waals surface area contributed by atoms with Crippen molar-refractivity contribution in [2.45, 2.75) is 156 Å². The summed E-state index contributed by atoms with van der Waals surface area (Å²) in [5.74, 6) is 2.36. The highest BCUT2D eigenvalue weighted by atomic mass is 16.5. The van der Waals surface area contributed by atoms with Crippen molar-refractivity contribution in [2.75, 3.05) is 26.3 Å². The first kappa shape index (κ1) is 45.1. The zero-order valence-electron chi connectivity index (χ0n) is 38.2. The molecule has 0 aromatic heterocycles. The summed E-state index contributed by atoms with van der Waals surface area (Å²) in [4.78, 5) is 0. The van der Waals surface area contributed by atoms with E-state index >= 15 is 0 Å². The zero-order chi connectivity index (χ0) is 42.8. The van der Waals surface area contributed by atoms with Crippen molar-refractivity contribution in [3.05, 3.63) is 115 Å². The number of rotatable bonds is 10. The molecule has 4 aromatic rings. The van der Waals surface area contributed by atoms with Crippen LogP contribution in [-0.2, 0) is 47.3 Å². The molecule has 5 rings (SSSR count). The summed E-state index contributed by atoms with van der Waals surface area (Å²) in [6.45, 7) is 29.9. The van der Waals surface area contributed by atoms with Gasteiger partial charge < -0.3 is 31.2 Å². The third-order valence-electron chi connectivity index (χ3n) is 11.8. The number of ether oxygens (including phenoxy) is 2. The van der Waals surface area contributed by atoms with Crippen LogP contribution in [0.5, 0.6) is 23.0 Å². The van der Waals surface area contributed by atoms with Gasteiger partial charge in [-0.05, 0) is 114 Å². The van der Waals surface area contributed by atoms with E-state index in [2.05, 4.69) is 143 Å². The molecule has 8 bridgehead atoms. The number of phenols is 2. The van der Waals surface area contributed by atoms with Crippen molar-refractivity contribution >= 4 is 0 Å². The maximum atomic E-state index is 12.5. The van der Waals surface area contributed by atoms with E-state index < -0.39 is 0 Å². The first-order chi connectivity index (χ1) is 27.0. The third-order valence-corrected chi connectivity index (χ3v) is 11.8. The zero-order valence-corrected chi connectivity index (χ0v) is 38.2. The lowest BCUT2D eigenvalue weighted by Crippen LogP contribution is -2.50. The van der Waals surface area contributed by atoms with E-state index in [1.807, 2.05) is 0 Å². The fourth-order valence-electron chi connectivity index (χ4n) is 7.92. The normalized spacial score (nSPS) is 13.8. The summed E-state index contributed by atoms with van der Waals surface area (Å²) < 4.78 is 13.7. The molecule has 0 saturated heterocycles. The van der Waals surface area contributed by atoms with Crippen LogP contribution in [0.4, 0.5) is 0 Å². The molecule has 8 N–H and O–H groups in total. The monoisotopic (exact) mass is 793 g/mol. The molecule has 0 fully saturated rings. The fourth-order valence-corrected chi connectivity index (χ4v) is 7.92. The summed E-state index contributed by atoms with van der Waals surface area (Å²) in [6.07, 6.45) is 5.80. The molecule has 0 unspecified atom stereocenters. The average molecular weight is 793 g/mol. The first-order valence-corrected chi connectivity index (χ1v) is 21.9. The number of hydrogen-bond donors (Lipinski definition) is 4. The predicted molar refractivity (Wildman–Crippen MR) is 240 cm³/mol. The van der Waals surface area contributed by atoms with Crippen LogP contribution in [0.1, 0.15) is 176 Å². The lowest BCUT2D eigenvalue weighted by molar-refractivity contribution is -0.369. The number of quaternary nitrogens is 2. The predicted octanol–water partition coefficient (Wildman–Crippen LogP) is 9.77. The standard InChI is InChI=1S/C52H74N2O4/c1-49(2,3)41-25-33-21-37-29-43(51(7,8)9)31-39(47(37)57-19-15-13-17-53)23-35-27-42(50(4,5)6)28-36(46(35)56)24-40-32-44(52(10,11)12)30-38(22-34(26-41)45(33)55)48(40)58-20-16-14-18-54/h25-32,55-56H,13-24,53-54H2,1-12H3/p+2. The van der Waals surface area contributed by atoms with Gasteiger partial charge in [0, 0.05) is 25.7 Å². The fraction of sp³-hybridized carbons (Fsp3) is 0.538. The van der Waals surface area contributed by atoms with Gasteiger partial charge in [0.05, 0.1) is 26.3 Å². The van der Waals surface area contributed by atoms with Gasteiger partial charge in [-0.1, -0.05) is 132 Å². The minimum absolute atomic E-state index is 0.144. The van der Waals surface area contributed by atoms with Crippen molar-refractivity contribution in [3.63, 3.8) is 0 Å². The molecule has 0 saturated carbocycles. The van der Waals surface area contributed by atoms with E-state index in [9.17, 15) is 10.2 Å². The van der Waals surface area contributed by atoms with Gasteiger partial charge in [-0.15, -0.1) is 0 Å². The molecule has 6 heteroatoms. The van der Waals surface area contributed by atoms with E-state index in [1.165, 1.54) is 22.3 Å². The molecule has 0 heterocycles. The molecular formula is C52H76N2O4+2. The van der Waals surface area contributed by atoms with Gasteiger partial charge in [0.2, 0.25) is 0 Å². The molecule has 0 spiro atoms. The Morgan fingerprint density at radius 2 is 0.621 bits per heavy atom. The molecule has 1 aliphatic carbocycles. The highest BCUT2D eigenvalue weighted by Crippen LogP contribution is 2.44. The van der Waals surface area contributed by atoms with Crippen molar-refractivity contribution in [1.29, 1.82) is 0 Å². The van der Waals surface area contributed by atoms with Crippen LogP contribution in [0.3, 0.4) is 0 Å². The summed E-state index contributed by atoms with van der Waals surface area (Å²) in [6, 6.07) is 18.0. The Balaban J connectivity index is 1.91. The molecular weight excluding hydrogens is 717 g/mol. The Morgan fingerprint density at radius 3 is 0.828 bits per heavy atom. The number of unbranched alkanes of at least 4 members (excludes halogenated alkanes) is 2. The Kier molecular flexibility index (Phi) is 13.8. The third kappa shape index (κ3) is 10.8. The van der Waals surface area contributed by atoms with Crippen LogP contribution >= 0.6 is 0 Å². The highest BCUT2D eigenvalue weighted by molar-refractivity contribution is 5.59. The van der Waals surface area contributed by atoms with Crippen LogP contribution < -0.4 is 20.9 Å². The summed E-state index contributed by atoms with van der Waals surface area (Å²) in [5.41, 5.74) is 20.1. The van der Waals surface area contributed by atoms with Crippen LogP contribution in [0.2, 0.25) is 0 Å². The lowest BCUT2D eigenvalue weighted by atomic mass is 9.79. The maximum absolute atomic E-state index is 12.5. The van der Waals surface area contributed by atoms with Crippen molar-refractivity contribution in [3.8, 4) is 23.0 Å². The van der Waals surface area contributed by atoms with E-state index in [1.54, 1.807) is 0 Å². The van der Waals surface area contributed by atoms with Gasteiger partial charge in [0.15, 0.2) is 0 Å². The Bertz CT molecular complexity index is 1820. The molecule has 58 heavy (non-hydrogen) atoms. The maximum Gasteiger partial charge on any atom is 0.126 e.